The van der Waals surface area contributed by atoms with Crippen molar-refractivity contribution in [3.05, 3.63) is 23.8 Å². The number of ketones is 1. The minimum atomic E-state index is -4.99. The standard InChI is InChI=1S/C12H13ClF3NO3/c1-20-8-2-3-10(17-6-7(18)5-13)9(4-8)11(19)12(14,15)16/h2-4,7,17-18H,5-6H2,1H3. The van der Waals surface area contributed by atoms with E-state index in [9.17, 15) is 23.1 Å². The van der Waals surface area contributed by atoms with Crippen molar-refractivity contribution in [2.24, 2.45) is 0 Å². The van der Waals surface area contributed by atoms with Gasteiger partial charge in [-0.15, -0.1) is 11.6 Å². The van der Waals surface area contributed by atoms with Gasteiger partial charge in [-0.1, -0.05) is 0 Å². The van der Waals surface area contributed by atoms with Gasteiger partial charge in [0.25, 0.3) is 5.78 Å². The van der Waals surface area contributed by atoms with E-state index in [4.69, 9.17) is 16.3 Å². The van der Waals surface area contributed by atoms with Gasteiger partial charge in [0.1, 0.15) is 5.75 Å². The van der Waals surface area contributed by atoms with E-state index in [1.807, 2.05) is 0 Å². The van der Waals surface area contributed by atoms with Crippen LogP contribution in [0.25, 0.3) is 0 Å². The summed E-state index contributed by atoms with van der Waals surface area (Å²) in [5.74, 6) is -1.94. The lowest BCUT2D eigenvalue weighted by Gasteiger charge is -2.15. The molecule has 4 nitrogen and oxygen atoms in total. The molecule has 1 aromatic rings. The first kappa shape index (κ1) is 16.6. The van der Waals surface area contributed by atoms with Crippen molar-refractivity contribution in [2.75, 3.05) is 24.9 Å². The van der Waals surface area contributed by atoms with E-state index in [2.05, 4.69) is 5.32 Å². The SMILES string of the molecule is COc1ccc(NCC(O)CCl)c(C(=O)C(F)(F)F)c1. The fourth-order valence-corrected chi connectivity index (χ4v) is 1.54. The Morgan fingerprint density at radius 2 is 2.15 bits per heavy atom. The number of benzene rings is 1. The molecule has 0 spiro atoms. The number of hydrogen-bond donors (Lipinski definition) is 2. The second-order valence-electron chi connectivity index (χ2n) is 3.93. The van der Waals surface area contributed by atoms with Crippen LogP contribution in [-0.4, -0.2) is 42.7 Å². The number of anilines is 1. The Kier molecular flexibility index (Phi) is 5.64. The molecule has 1 aromatic carbocycles. The molecule has 1 rings (SSSR count). The number of alkyl halides is 4. The van der Waals surface area contributed by atoms with Crippen molar-refractivity contribution in [2.45, 2.75) is 12.3 Å². The molecule has 0 saturated carbocycles. The van der Waals surface area contributed by atoms with Gasteiger partial charge >= 0.3 is 6.18 Å². The van der Waals surface area contributed by atoms with Gasteiger partial charge in [-0.05, 0) is 18.2 Å². The second-order valence-corrected chi connectivity index (χ2v) is 4.24. The summed E-state index contributed by atoms with van der Waals surface area (Å²) in [7, 11) is 1.28. The molecular formula is C12H13ClF3NO3. The Balaban J connectivity index is 3.07. The summed E-state index contributed by atoms with van der Waals surface area (Å²) < 4.78 is 42.4. The Bertz CT molecular complexity index is 480. The highest BCUT2D eigenvalue weighted by atomic mass is 35.5. The number of ether oxygens (including phenoxy) is 1. The highest BCUT2D eigenvalue weighted by Crippen LogP contribution is 2.29. The number of halogens is 4. The van der Waals surface area contributed by atoms with Crippen molar-refractivity contribution in [3.63, 3.8) is 0 Å². The predicted molar refractivity (Wildman–Crippen MR) is 68.6 cm³/mol. The van der Waals surface area contributed by atoms with Crippen molar-refractivity contribution >= 4 is 23.1 Å². The smallest absolute Gasteiger partial charge is 0.454 e. The summed E-state index contributed by atoms with van der Waals surface area (Å²) in [6, 6.07) is 3.67. The van der Waals surface area contributed by atoms with Gasteiger partial charge in [-0.3, -0.25) is 4.79 Å². The van der Waals surface area contributed by atoms with Crippen LogP contribution in [0.4, 0.5) is 18.9 Å². The van der Waals surface area contributed by atoms with Crippen LogP contribution in [0.5, 0.6) is 5.75 Å². The molecular weight excluding hydrogens is 299 g/mol. The van der Waals surface area contributed by atoms with Gasteiger partial charge in [0.05, 0.1) is 24.7 Å². The molecule has 112 valence electrons. The molecule has 2 N–H and O–H groups in total. The lowest BCUT2D eigenvalue weighted by Crippen LogP contribution is -2.26. The molecule has 1 atom stereocenters. The summed E-state index contributed by atoms with van der Waals surface area (Å²) in [6.45, 7) is -0.0754. The summed E-state index contributed by atoms with van der Waals surface area (Å²) in [5, 5.41) is 11.8. The average molecular weight is 312 g/mol. The Labute approximate surface area is 118 Å². The molecule has 1 unspecified atom stereocenters. The van der Waals surface area contributed by atoms with E-state index in [1.165, 1.54) is 19.2 Å². The molecule has 20 heavy (non-hydrogen) atoms. The van der Waals surface area contributed by atoms with E-state index in [1.54, 1.807) is 0 Å². The van der Waals surface area contributed by atoms with Crippen LogP contribution in [0.15, 0.2) is 18.2 Å². The molecule has 0 aliphatic rings. The fraction of sp³-hybridized carbons (Fsp3) is 0.417. The van der Waals surface area contributed by atoms with Crippen LogP contribution >= 0.6 is 11.6 Å². The minimum Gasteiger partial charge on any atom is -0.497 e. The topological polar surface area (TPSA) is 58.6 Å². The zero-order chi connectivity index (χ0) is 15.3. The lowest BCUT2D eigenvalue weighted by molar-refractivity contribution is -0.0884. The van der Waals surface area contributed by atoms with Gasteiger partial charge in [0.2, 0.25) is 0 Å². The third-order valence-corrected chi connectivity index (χ3v) is 2.79. The fourth-order valence-electron chi connectivity index (χ4n) is 1.43. The largest absolute Gasteiger partial charge is 0.497 e. The number of aliphatic hydroxyl groups excluding tert-OH is 1. The van der Waals surface area contributed by atoms with Crippen molar-refractivity contribution < 1.29 is 27.8 Å². The maximum Gasteiger partial charge on any atom is 0.454 e. The molecule has 8 heteroatoms. The third-order valence-electron chi connectivity index (χ3n) is 2.44. The molecule has 0 aliphatic carbocycles. The van der Waals surface area contributed by atoms with Crippen molar-refractivity contribution in [3.8, 4) is 5.75 Å². The van der Waals surface area contributed by atoms with Crippen LogP contribution < -0.4 is 10.1 Å². The van der Waals surface area contributed by atoms with Gasteiger partial charge in [-0.25, -0.2) is 0 Å². The average Bonchev–Trinajstić information content (AvgIpc) is 2.42. The summed E-state index contributed by atoms with van der Waals surface area (Å²) >= 11 is 5.38. The lowest BCUT2D eigenvalue weighted by atomic mass is 10.1. The number of aliphatic hydroxyl groups is 1. The van der Waals surface area contributed by atoms with Gasteiger partial charge in [0, 0.05) is 12.2 Å². The highest BCUT2D eigenvalue weighted by Gasteiger charge is 2.40. The molecule has 0 bridgehead atoms. The second kappa shape index (κ2) is 6.81. The number of nitrogens with one attached hydrogen (secondary N) is 1. The predicted octanol–water partition coefficient (Wildman–Crippen LogP) is 2.45. The number of carbonyl (C=O) groups is 1. The van der Waals surface area contributed by atoms with E-state index in [-0.39, 0.29) is 23.9 Å². The number of rotatable bonds is 6. The molecule has 0 heterocycles. The molecule has 0 radical (unpaired) electrons. The first-order chi connectivity index (χ1) is 9.29. The van der Waals surface area contributed by atoms with Gasteiger partial charge in [-0.2, -0.15) is 13.2 Å². The van der Waals surface area contributed by atoms with Crippen molar-refractivity contribution in [1.82, 2.24) is 0 Å². The van der Waals surface area contributed by atoms with Crippen LogP contribution in [0.1, 0.15) is 10.4 Å². The van der Waals surface area contributed by atoms with Crippen LogP contribution in [0, 0.1) is 0 Å². The maximum absolute atomic E-state index is 12.5. The first-order valence-corrected chi connectivity index (χ1v) is 6.10. The summed E-state index contributed by atoms with van der Waals surface area (Å²) in [4.78, 5) is 11.4. The third kappa shape index (κ3) is 4.28. The maximum atomic E-state index is 12.5. The molecule has 0 aliphatic heterocycles. The van der Waals surface area contributed by atoms with Crippen LogP contribution in [0.3, 0.4) is 0 Å². The van der Waals surface area contributed by atoms with Crippen LogP contribution in [-0.2, 0) is 0 Å². The number of Topliss-reactive ketones (excluding diaryl/α,β-unsaturated/α-hetero) is 1. The number of hydrogen-bond acceptors (Lipinski definition) is 4. The van der Waals surface area contributed by atoms with Crippen LogP contribution in [0.2, 0.25) is 0 Å². The van der Waals surface area contributed by atoms with E-state index >= 15 is 0 Å². The summed E-state index contributed by atoms with van der Waals surface area (Å²) in [5.41, 5.74) is -0.615. The number of methoxy groups -OCH3 is 1. The Hall–Kier alpha value is -1.47. The van der Waals surface area contributed by atoms with Crippen molar-refractivity contribution in [1.29, 1.82) is 0 Å². The van der Waals surface area contributed by atoms with E-state index in [0.29, 0.717) is 0 Å². The van der Waals surface area contributed by atoms with Gasteiger partial charge < -0.3 is 15.2 Å². The molecule has 0 aromatic heterocycles. The first-order valence-electron chi connectivity index (χ1n) is 5.57. The monoisotopic (exact) mass is 311 g/mol. The van der Waals surface area contributed by atoms with E-state index in [0.717, 1.165) is 6.07 Å². The zero-order valence-corrected chi connectivity index (χ0v) is 11.3. The zero-order valence-electron chi connectivity index (χ0n) is 10.5. The molecule has 0 saturated heterocycles. The molecule has 0 amide bonds. The quantitative estimate of drug-likeness (QED) is 0.626. The Morgan fingerprint density at radius 1 is 1.50 bits per heavy atom. The number of carbonyl (C=O) groups excluding carboxylic acids is 1. The summed E-state index contributed by atoms with van der Waals surface area (Å²) in [6.07, 6.45) is -5.93. The minimum absolute atomic E-state index is 0.0442. The van der Waals surface area contributed by atoms with Gasteiger partial charge in [0.15, 0.2) is 0 Å². The molecule has 0 fully saturated rings. The van der Waals surface area contributed by atoms with E-state index < -0.39 is 23.6 Å². The highest BCUT2D eigenvalue weighted by molar-refractivity contribution is 6.18. The Morgan fingerprint density at radius 3 is 2.65 bits per heavy atom. The normalized spacial score (nSPS) is 12.9.